The van der Waals surface area contributed by atoms with Crippen molar-refractivity contribution < 1.29 is 9.53 Å². The third-order valence-electron chi connectivity index (χ3n) is 2.79. The highest BCUT2D eigenvalue weighted by Gasteiger charge is 2.10. The first-order chi connectivity index (χ1) is 8.26. The quantitative estimate of drug-likeness (QED) is 0.672. The minimum atomic E-state index is -0.210. The Labute approximate surface area is 104 Å². The molecule has 4 nitrogen and oxygen atoms in total. The molecule has 0 atom stereocenters. The molecule has 0 fully saturated rings. The van der Waals surface area contributed by atoms with Crippen molar-refractivity contribution in [2.75, 3.05) is 7.11 Å². The smallest absolute Gasteiger partial charge is 0.305 e. The molecule has 0 unspecified atom stereocenters. The summed E-state index contributed by atoms with van der Waals surface area (Å²) in [6.45, 7) is 0. The predicted molar refractivity (Wildman–Crippen MR) is 66.0 cm³/mol. The van der Waals surface area contributed by atoms with Gasteiger partial charge in [0.2, 0.25) is 0 Å². The number of methoxy groups -OCH3 is 1. The normalized spacial score (nSPS) is 10.7. The first kappa shape index (κ1) is 11.9. The van der Waals surface area contributed by atoms with E-state index in [2.05, 4.69) is 14.9 Å². The Morgan fingerprint density at radius 1 is 1.53 bits per heavy atom. The van der Waals surface area contributed by atoms with Gasteiger partial charge in [-0.25, -0.2) is 0 Å². The molecule has 0 radical (unpaired) electrons. The summed E-state index contributed by atoms with van der Waals surface area (Å²) in [5, 5.41) is 7.90. The van der Waals surface area contributed by atoms with E-state index < -0.39 is 0 Å². The fourth-order valence-electron chi connectivity index (χ4n) is 1.85. The fourth-order valence-corrected chi connectivity index (χ4v) is 2.17. The molecule has 1 N–H and O–H groups in total. The van der Waals surface area contributed by atoms with Crippen LogP contribution in [-0.4, -0.2) is 23.3 Å². The number of hydrogen-bond acceptors (Lipinski definition) is 3. The number of aromatic nitrogens is 2. The zero-order valence-electron chi connectivity index (χ0n) is 9.50. The second-order valence-electron chi connectivity index (χ2n) is 3.74. The number of alkyl halides is 1. The van der Waals surface area contributed by atoms with Gasteiger partial charge in [0.05, 0.1) is 18.8 Å². The van der Waals surface area contributed by atoms with Crippen LogP contribution in [0.4, 0.5) is 0 Å². The minimum Gasteiger partial charge on any atom is -0.469 e. The van der Waals surface area contributed by atoms with E-state index in [1.54, 1.807) is 6.20 Å². The Kier molecular flexibility index (Phi) is 3.64. The van der Waals surface area contributed by atoms with Crippen molar-refractivity contribution in [2.45, 2.75) is 18.7 Å². The predicted octanol–water partition coefficient (Wildman–Crippen LogP) is 2.41. The lowest BCUT2D eigenvalue weighted by Gasteiger charge is -2.07. The molecule has 0 bridgehead atoms. The lowest BCUT2D eigenvalue weighted by Crippen LogP contribution is -2.03. The number of H-pyrrole nitrogens is 1. The lowest BCUT2D eigenvalue weighted by atomic mass is 10.0. The number of fused-ring (bicyclic) bond motifs is 1. The standard InChI is InChI=1S/C12H13ClN2O2/c1-17-12(16)5-3-8-2-4-11-10(7-14-15-11)9(8)6-13/h2,4,7H,3,5-6H2,1H3,(H,14,15). The minimum absolute atomic E-state index is 0.210. The van der Waals surface area contributed by atoms with Crippen LogP contribution in [0.25, 0.3) is 10.9 Å². The highest BCUT2D eigenvalue weighted by atomic mass is 35.5. The van der Waals surface area contributed by atoms with Gasteiger partial charge < -0.3 is 4.74 Å². The number of rotatable bonds is 4. The number of carbonyl (C=O) groups is 1. The first-order valence-corrected chi connectivity index (χ1v) is 5.86. The molecule has 0 aliphatic carbocycles. The molecule has 0 saturated heterocycles. The van der Waals surface area contributed by atoms with E-state index in [1.165, 1.54) is 7.11 Å². The van der Waals surface area contributed by atoms with E-state index in [4.69, 9.17) is 11.6 Å². The Balaban J connectivity index is 2.29. The second-order valence-corrected chi connectivity index (χ2v) is 4.01. The van der Waals surface area contributed by atoms with Crippen LogP contribution < -0.4 is 0 Å². The third kappa shape index (κ3) is 2.42. The number of halogens is 1. The molecule has 2 rings (SSSR count). The van der Waals surface area contributed by atoms with Crippen LogP contribution in [0, 0.1) is 0 Å². The number of nitrogens with one attached hydrogen (secondary N) is 1. The molecule has 90 valence electrons. The number of aromatic amines is 1. The van der Waals surface area contributed by atoms with E-state index >= 15 is 0 Å². The lowest BCUT2D eigenvalue weighted by molar-refractivity contribution is -0.140. The highest BCUT2D eigenvalue weighted by Crippen LogP contribution is 2.23. The van der Waals surface area contributed by atoms with Crippen molar-refractivity contribution in [3.05, 3.63) is 29.5 Å². The Bertz CT molecular complexity index is 536. The van der Waals surface area contributed by atoms with Gasteiger partial charge in [-0.1, -0.05) is 6.07 Å². The Morgan fingerprint density at radius 2 is 2.35 bits per heavy atom. The topological polar surface area (TPSA) is 55.0 Å². The molecule has 0 amide bonds. The monoisotopic (exact) mass is 252 g/mol. The zero-order chi connectivity index (χ0) is 12.3. The molecule has 0 aliphatic rings. The summed E-state index contributed by atoms with van der Waals surface area (Å²) in [6.07, 6.45) is 2.76. The van der Waals surface area contributed by atoms with Crippen LogP contribution in [0.1, 0.15) is 17.5 Å². The average molecular weight is 253 g/mol. The van der Waals surface area contributed by atoms with Crippen LogP contribution in [0.5, 0.6) is 0 Å². The van der Waals surface area contributed by atoms with Gasteiger partial charge in [-0.15, -0.1) is 11.6 Å². The van der Waals surface area contributed by atoms with Gasteiger partial charge in [0.25, 0.3) is 0 Å². The molecule has 1 aromatic heterocycles. The van der Waals surface area contributed by atoms with Crippen molar-refractivity contribution in [1.82, 2.24) is 10.2 Å². The fraction of sp³-hybridized carbons (Fsp3) is 0.333. The average Bonchev–Trinajstić information content (AvgIpc) is 2.83. The molecule has 5 heteroatoms. The summed E-state index contributed by atoms with van der Waals surface area (Å²) in [7, 11) is 1.39. The number of hydrogen-bond donors (Lipinski definition) is 1. The van der Waals surface area contributed by atoms with Crippen molar-refractivity contribution in [3.63, 3.8) is 0 Å². The maximum Gasteiger partial charge on any atom is 0.305 e. The number of aryl methyl sites for hydroxylation is 1. The van der Waals surface area contributed by atoms with Gasteiger partial charge in [-0.3, -0.25) is 9.89 Å². The van der Waals surface area contributed by atoms with Crippen LogP contribution in [0.3, 0.4) is 0 Å². The van der Waals surface area contributed by atoms with Gasteiger partial charge in [0, 0.05) is 17.7 Å². The summed E-state index contributed by atoms with van der Waals surface area (Å²) in [6, 6.07) is 3.92. The SMILES string of the molecule is COC(=O)CCc1ccc2[nH]ncc2c1CCl. The van der Waals surface area contributed by atoms with Gasteiger partial charge in [0.1, 0.15) is 0 Å². The van der Waals surface area contributed by atoms with Crippen molar-refractivity contribution in [3.8, 4) is 0 Å². The summed E-state index contributed by atoms with van der Waals surface area (Å²) in [4.78, 5) is 11.1. The van der Waals surface area contributed by atoms with E-state index in [-0.39, 0.29) is 5.97 Å². The number of benzene rings is 1. The van der Waals surface area contributed by atoms with E-state index in [0.717, 1.165) is 22.0 Å². The van der Waals surface area contributed by atoms with E-state index in [1.807, 2.05) is 12.1 Å². The van der Waals surface area contributed by atoms with Crippen LogP contribution in [0.2, 0.25) is 0 Å². The zero-order valence-corrected chi connectivity index (χ0v) is 10.3. The highest BCUT2D eigenvalue weighted by molar-refractivity contribution is 6.18. The Morgan fingerprint density at radius 3 is 3.06 bits per heavy atom. The van der Waals surface area contributed by atoms with Gasteiger partial charge in [-0.05, 0) is 23.6 Å². The molecular formula is C12H13ClN2O2. The van der Waals surface area contributed by atoms with Gasteiger partial charge in [-0.2, -0.15) is 5.10 Å². The summed E-state index contributed by atoms with van der Waals surface area (Å²) in [5.41, 5.74) is 3.06. The summed E-state index contributed by atoms with van der Waals surface area (Å²) >= 11 is 5.96. The second kappa shape index (κ2) is 5.19. The van der Waals surface area contributed by atoms with Gasteiger partial charge >= 0.3 is 5.97 Å². The Hall–Kier alpha value is -1.55. The molecule has 0 aliphatic heterocycles. The molecule has 17 heavy (non-hydrogen) atoms. The number of nitrogens with zero attached hydrogens (tertiary/aromatic N) is 1. The molecule has 1 aromatic carbocycles. The number of carbonyl (C=O) groups excluding carboxylic acids is 1. The molecule has 2 aromatic rings. The van der Waals surface area contributed by atoms with Crippen LogP contribution >= 0.6 is 11.6 Å². The van der Waals surface area contributed by atoms with Crippen molar-refractivity contribution in [1.29, 1.82) is 0 Å². The summed E-state index contributed by atoms with van der Waals surface area (Å²) < 4.78 is 4.63. The molecular weight excluding hydrogens is 240 g/mol. The number of ether oxygens (including phenoxy) is 1. The van der Waals surface area contributed by atoms with Crippen LogP contribution in [0.15, 0.2) is 18.3 Å². The maximum absolute atomic E-state index is 11.1. The van der Waals surface area contributed by atoms with Crippen molar-refractivity contribution >= 4 is 28.5 Å². The third-order valence-corrected chi connectivity index (χ3v) is 3.06. The van der Waals surface area contributed by atoms with E-state index in [9.17, 15) is 4.79 Å². The van der Waals surface area contributed by atoms with Crippen LogP contribution in [-0.2, 0) is 21.8 Å². The summed E-state index contributed by atoms with van der Waals surface area (Å²) in [5.74, 6) is 0.200. The van der Waals surface area contributed by atoms with Gasteiger partial charge in [0.15, 0.2) is 0 Å². The number of esters is 1. The largest absolute Gasteiger partial charge is 0.469 e. The first-order valence-electron chi connectivity index (χ1n) is 5.33. The van der Waals surface area contributed by atoms with E-state index in [0.29, 0.717) is 18.7 Å². The molecule has 1 heterocycles. The molecule has 0 spiro atoms. The maximum atomic E-state index is 11.1. The molecule has 0 saturated carbocycles. The van der Waals surface area contributed by atoms with Crippen molar-refractivity contribution in [2.24, 2.45) is 0 Å².